The predicted octanol–water partition coefficient (Wildman–Crippen LogP) is 3.29. The Bertz CT molecular complexity index is 391. The van der Waals surface area contributed by atoms with E-state index >= 15 is 0 Å². The summed E-state index contributed by atoms with van der Waals surface area (Å²) in [4.78, 5) is 16.2. The van der Waals surface area contributed by atoms with Gasteiger partial charge in [0, 0.05) is 46.4 Å². The van der Waals surface area contributed by atoms with Crippen LogP contribution in [0.2, 0.25) is 0 Å². The fourth-order valence-corrected chi connectivity index (χ4v) is 3.81. The highest BCUT2D eigenvalue weighted by Crippen LogP contribution is 2.38. The number of hydrogen-bond acceptors (Lipinski definition) is 9. The van der Waals surface area contributed by atoms with Gasteiger partial charge in [-0.05, 0) is 12.1 Å². The van der Waals surface area contributed by atoms with Crippen LogP contribution in [0.1, 0.15) is 0 Å². The Kier molecular flexibility index (Phi) is 5.93. The van der Waals surface area contributed by atoms with E-state index in [-0.39, 0.29) is 0 Å². The van der Waals surface area contributed by atoms with E-state index in [9.17, 15) is 0 Å². The zero-order chi connectivity index (χ0) is 11.8. The Hall–Kier alpha value is -0.480. The minimum Gasteiger partial charge on any atom is -0.230 e. The van der Waals surface area contributed by atoms with E-state index in [4.69, 9.17) is 3.63 Å². The van der Waals surface area contributed by atoms with Crippen LogP contribution in [0.25, 0.3) is 0 Å². The minimum atomic E-state index is 0.666. The molecule has 2 aromatic rings. The van der Waals surface area contributed by atoms with Crippen molar-refractivity contribution in [1.29, 1.82) is 0 Å². The topological polar surface area (TPSA) is 60.8 Å². The zero-order valence-corrected chi connectivity index (χ0v) is 11.6. The lowest BCUT2D eigenvalue weighted by Gasteiger charge is -1.98. The number of nitrogens with zero attached hydrogens (tertiary/aromatic N) is 4. The molecular weight excluding hydrogens is 296 g/mol. The van der Waals surface area contributed by atoms with Crippen molar-refractivity contribution in [3.63, 3.8) is 0 Å². The molecule has 0 N–H and O–H groups in total. The van der Waals surface area contributed by atoms with E-state index in [2.05, 4.69) is 19.9 Å². The van der Waals surface area contributed by atoms with Gasteiger partial charge in [0.05, 0.1) is 22.1 Å². The molecule has 88 valence electrons. The first-order chi connectivity index (χ1) is 8.45. The molecule has 5 nitrogen and oxygen atoms in total. The molecule has 0 aromatic carbocycles. The fourth-order valence-electron chi connectivity index (χ4n) is 0.757. The minimum absolute atomic E-state index is 0.666. The highest BCUT2D eigenvalue weighted by atomic mass is 33.2. The van der Waals surface area contributed by atoms with Crippen molar-refractivity contribution in [2.75, 3.05) is 0 Å². The monoisotopic (exact) mass is 302 g/mol. The third kappa shape index (κ3) is 5.13. The van der Waals surface area contributed by atoms with Crippen LogP contribution in [0.3, 0.4) is 0 Å². The van der Waals surface area contributed by atoms with Crippen LogP contribution in [0.15, 0.2) is 47.2 Å². The van der Waals surface area contributed by atoms with E-state index in [1.165, 1.54) is 43.7 Å². The molecular formula is C8H6N4OS4. The van der Waals surface area contributed by atoms with Crippen molar-refractivity contribution >= 4 is 43.7 Å². The Balaban J connectivity index is 1.61. The first-order valence-corrected chi connectivity index (χ1v) is 8.49. The second-order valence-corrected chi connectivity index (χ2v) is 6.13. The molecule has 2 heterocycles. The molecule has 0 aliphatic carbocycles. The van der Waals surface area contributed by atoms with Gasteiger partial charge in [-0.3, -0.25) is 0 Å². The summed E-state index contributed by atoms with van der Waals surface area (Å²) in [7, 11) is 2.71. The second kappa shape index (κ2) is 7.77. The van der Waals surface area contributed by atoms with Gasteiger partial charge in [0.15, 0.2) is 0 Å². The maximum absolute atomic E-state index is 5.24. The molecule has 17 heavy (non-hydrogen) atoms. The van der Waals surface area contributed by atoms with Gasteiger partial charge in [-0.1, -0.05) is 0 Å². The SMILES string of the molecule is c1cnc(SSOSSc2ncccn2)nc1. The van der Waals surface area contributed by atoms with Crippen LogP contribution in [-0.4, -0.2) is 19.9 Å². The molecule has 0 spiro atoms. The summed E-state index contributed by atoms with van der Waals surface area (Å²) in [6.45, 7) is 0. The first-order valence-electron chi connectivity index (χ1n) is 4.34. The normalized spacial score (nSPS) is 10.4. The molecule has 0 saturated heterocycles. The van der Waals surface area contributed by atoms with Crippen LogP contribution in [0, 0.1) is 0 Å². The maximum atomic E-state index is 5.24. The number of rotatable bonds is 6. The second-order valence-electron chi connectivity index (χ2n) is 2.43. The Morgan fingerprint density at radius 2 is 1.12 bits per heavy atom. The maximum Gasteiger partial charge on any atom is 0.200 e. The highest BCUT2D eigenvalue weighted by molar-refractivity contribution is 8.81. The molecule has 0 amide bonds. The lowest BCUT2D eigenvalue weighted by Crippen LogP contribution is -1.80. The summed E-state index contributed by atoms with van der Waals surface area (Å²) in [5.41, 5.74) is 0. The number of hydrogen-bond donors (Lipinski definition) is 0. The summed E-state index contributed by atoms with van der Waals surface area (Å²) in [5.74, 6) is 0. The van der Waals surface area contributed by atoms with E-state index in [0.717, 1.165) is 0 Å². The van der Waals surface area contributed by atoms with Crippen LogP contribution in [-0.2, 0) is 3.63 Å². The average Bonchev–Trinajstić information content (AvgIpc) is 2.41. The highest BCUT2D eigenvalue weighted by Gasteiger charge is 2.00. The summed E-state index contributed by atoms with van der Waals surface area (Å²) in [5, 5.41) is 1.33. The molecule has 0 atom stereocenters. The summed E-state index contributed by atoms with van der Waals surface area (Å²) < 4.78 is 5.24. The van der Waals surface area contributed by atoms with Gasteiger partial charge in [0.1, 0.15) is 0 Å². The van der Waals surface area contributed by atoms with Crippen molar-refractivity contribution in [2.24, 2.45) is 0 Å². The van der Waals surface area contributed by atoms with Crippen LogP contribution < -0.4 is 0 Å². The lowest BCUT2D eigenvalue weighted by molar-refractivity contribution is 0.783. The van der Waals surface area contributed by atoms with Crippen LogP contribution in [0.4, 0.5) is 0 Å². The van der Waals surface area contributed by atoms with Crippen molar-refractivity contribution < 1.29 is 3.63 Å². The molecule has 0 fully saturated rings. The average molecular weight is 302 g/mol. The zero-order valence-electron chi connectivity index (χ0n) is 8.29. The summed E-state index contributed by atoms with van der Waals surface area (Å²) in [6, 6.07) is 3.54. The molecule has 0 saturated carbocycles. The molecule has 2 rings (SSSR count). The van der Waals surface area contributed by atoms with E-state index in [0.29, 0.717) is 10.3 Å². The summed E-state index contributed by atoms with van der Waals surface area (Å²) in [6.07, 6.45) is 6.76. The molecule has 0 radical (unpaired) electrons. The first kappa shape index (κ1) is 13.0. The van der Waals surface area contributed by atoms with E-state index in [1.54, 1.807) is 36.9 Å². The molecule has 0 aliphatic rings. The van der Waals surface area contributed by atoms with Gasteiger partial charge in [0.25, 0.3) is 0 Å². The lowest BCUT2D eigenvalue weighted by atomic mass is 10.7. The van der Waals surface area contributed by atoms with Gasteiger partial charge >= 0.3 is 0 Å². The molecule has 9 heteroatoms. The van der Waals surface area contributed by atoms with Gasteiger partial charge in [-0.15, -0.1) is 0 Å². The van der Waals surface area contributed by atoms with E-state index in [1.807, 2.05) is 0 Å². The van der Waals surface area contributed by atoms with Gasteiger partial charge in [0.2, 0.25) is 10.3 Å². The Morgan fingerprint density at radius 3 is 1.53 bits per heavy atom. The largest absolute Gasteiger partial charge is 0.230 e. The molecule has 0 aliphatic heterocycles. The third-order valence-corrected chi connectivity index (χ3v) is 4.96. The third-order valence-electron chi connectivity index (χ3n) is 1.36. The van der Waals surface area contributed by atoms with Crippen molar-refractivity contribution in [3.8, 4) is 0 Å². The standard InChI is InChI=1S/C8H6N4OS4/c1-3-9-7(10-4-1)14-16-13-17-15-8-11-5-2-6-12-8/h1-6H. The van der Waals surface area contributed by atoms with E-state index < -0.39 is 0 Å². The van der Waals surface area contributed by atoms with Gasteiger partial charge < -0.3 is 0 Å². The smallest absolute Gasteiger partial charge is 0.200 e. The summed E-state index contributed by atoms with van der Waals surface area (Å²) >= 11 is 2.41. The molecule has 2 aromatic heterocycles. The van der Waals surface area contributed by atoms with Gasteiger partial charge in [-0.25, -0.2) is 23.6 Å². The Labute approximate surface area is 114 Å². The molecule has 0 bridgehead atoms. The van der Waals surface area contributed by atoms with Crippen molar-refractivity contribution in [1.82, 2.24) is 19.9 Å². The molecule has 0 unspecified atom stereocenters. The fraction of sp³-hybridized carbons (Fsp3) is 0. The van der Waals surface area contributed by atoms with Crippen LogP contribution in [0.5, 0.6) is 0 Å². The quantitative estimate of drug-likeness (QED) is 0.346. The predicted molar refractivity (Wildman–Crippen MR) is 72.0 cm³/mol. The Morgan fingerprint density at radius 1 is 0.706 bits per heavy atom. The number of aromatic nitrogens is 4. The van der Waals surface area contributed by atoms with Gasteiger partial charge in [-0.2, -0.15) is 0 Å². The van der Waals surface area contributed by atoms with Crippen molar-refractivity contribution in [3.05, 3.63) is 36.9 Å². The van der Waals surface area contributed by atoms with Crippen LogP contribution >= 0.6 is 43.7 Å². The van der Waals surface area contributed by atoms with Crippen molar-refractivity contribution in [2.45, 2.75) is 10.3 Å².